The molecule has 0 atom stereocenters. The van der Waals surface area contributed by atoms with Crippen LogP contribution in [-0.2, 0) is 23.1 Å². The van der Waals surface area contributed by atoms with Crippen LogP contribution in [0.1, 0.15) is 32.6 Å². The highest BCUT2D eigenvalue weighted by Gasteiger charge is 2.22. The second-order valence-corrected chi connectivity index (χ2v) is 9.53. The molecule has 0 bridgehead atoms. The molecule has 0 saturated carbocycles. The smallest absolute Gasteiger partial charge is 0.251 e. The van der Waals surface area contributed by atoms with E-state index >= 15 is 0 Å². The summed E-state index contributed by atoms with van der Waals surface area (Å²) in [4.78, 5) is 12.8. The SMILES string of the molecule is Cc1cc(C(=O)NCc2ccc(Cn3cccn3)cc2)cc(S(=O)(=O)N(C)C)c1C. The summed E-state index contributed by atoms with van der Waals surface area (Å²) in [6.45, 7) is 4.59. The number of aromatic nitrogens is 2. The molecule has 0 radical (unpaired) electrons. The maximum Gasteiger partial charge on any atom is 0.251 e. The van der Waals surface area contributed by atoms with Crippen LogP contribution in [-0.4, -0.2) is 42.5 Å². The number of carbonyl (C=O) groups is 1. The Morgan fingerprint density at radius 2 is 1.77 bits per heavy atom. The van der Waals surface area contributed by atoms with E-state index in [-0.39, 0.29) is 10.8 Å². The van der Waals surface area contributed by atoms with E-state index in [9.17, 15) is 13.2 Å². The van der Waals surface area contributed by atoms with Gasteiger partial charge in [-0.3, -0.25) is 9.48 Å². The highest BCUT2D eigenvalue weighted by Crippen LogP contribution is 2.23. The standard InChI is InChI=1S/C22H26N4O3S/c1-16-12-20(13-21(17(16)2)30(28,29)25(3)4)22(27)23-14-18-6-8-19(9-7-18)15-26-11-5-10-24-26/h5-13H,14-15H2,1-4H3,(H,23,27). The summed E-state index contributed by atoms with van der Waals surface area (Å²) in [7, 11) is -0.675. The largest absolute Gasteiger partial charge is 0.348 e. The maximum absolute atomic E-state index is 12.7. The third-order valence-electron chi connectivity index (χ3n) is 5.02. The number of hydrogen-bond acceptors (Lipinski definition) is 4. The van der Waals surface area contributed by atoms with Crippen molar-refractivity contribution in [3.8, 4) is 0 Å². The van der Waals surface area contributed by atoms with Gasteiger partial charge in [0.15, 0.2) is 0 Å². The molecule has 158 valence electrons. The zero-order valence-corrected chi connectivity index (χ0v) is 18.4. The minimum Gasteiger partial charge on any atom is -0.348 e. The lowest BCUT2D eigenvalue weighted by atomic mass is 10.1. The Hall–Kier alpha value is -2.97. The average Bonchev–Trinajstić information content (AvgIpc) is 3.22. The molecule has 0 saturated heterocycles. The van der Waals surface area contributed by atoms with Gasteiger partial charge in [-0.1, -0.05) is 24.3 Å². The Bertz CT molecular complexity index is 1140. The first kappa shape index (κ1) is 21.7. The van der Waals surface area contributed by atoms with Crippen molar-refractivity contribution in [1.82, 2.24) is 19.4 Å². The highest BCUT2D eigenvalue weighted by molar-refractivity contribution is 7.89. The van der Waals surface area contributed by atoms with Crippen LogP contribution in [0.25, 0.3) is 0 Å². The molecule has 30 heavy (non-hydrogen) atoms. The minimum absolute atomic E-state index is 0.153. The van der Waals surface area contributed by atoms with E-state index in [1.165, 1.54) is 20.2 Å². The molecule has 3 rings (SSSR count). The number of benzene rings is 2. The van der Waals surface area contributed by atoms with Crippen LogP contribution < -0.4 is 5.32 Å². The predicted molar refractivity (Wildman–Crippen MR) is 116 cm³/mol. The molecular formula is C22H26N4O3S. The van der Waals surface area contributed by atoms with Gasteiger partial charge in [0.2, 0.25) is 10.0 Å². The molecule has 0 unspecified atom stereocenters. The topological polar surface area (TPSA) is 84.3 Å². The summed E-state index contributed by atoms with van der Waals surface area (Å²) in [6.07, 6.45) is 3.65. The van der Waals surface area contributed by atoms with Crippen LogP contribution in [0.15, 0.2) is 59.8 Å². The van der Waals surface area contributed by atoms with Crippen LogP contribution in [0.4, 0.5) is 0 Å². The number of carbonyl (C=O) groups excluding carboxylic acids is 1. The zero-order chi connectivity index (χ0) is 21.9. The number of nitrogens with one attached hydrogen (secondary N) is 1. The average molecular weight is 427 g/mol. The van der Waals surface area contributed by atoms with Crippen LogP contribution in [0.2, 0.25) is 0 Å². The van der Waals surface area contributed by atoms with Crippen molar-refractivity contribution in [1.29, 1.82) is 0 Å². The second-order valence-electron chi connectivity index (χ2n) is 7.41. The third kappa shape index (κ3) is 4.77. The minimum atomic E-state index is -3.63. The first-order valence-corrected chi connectivity index (χ1v) is 11.0. The number of hydrogen-bond donors (Lipinski definition) is 1. The molecule has 0 spiro atoms. The van der Waals surface area contributed by atoms with Crippen molar-refractivity contribution >= 4 is 15.9 Å². The number of nitrogens with zero attached hydrogens (tertiary/aromatic N) is 3. The lowest BCUT2D eigenvalue weighted by Gasteiger charge is -2.16. The van der Waals surface area contributed by atoms with Gasteiger partial charge in [0.1, 0.15) is 0 Å². The van der Waals surface area contributed by atoms with Crippen LogP contribution in [0.5, 0.6) is 0 Å². The molecule has 3 aromatic rings. The van der Waals surface area contributed by atoms with Crippen LogP contribution in [0, 0.1) is 13.8 Å². The molecule has 1 amide bonds. The third-order valence-corrected chi connectivity index (χ3v) is 6.96. The zero-order valence-electron chi connectivity index (χ0n) is 17.6. The van der Waals surface area contributed by atoms with Gasteiger partial charge in [-0.25, -0.2) is 12.7 Å². The van der Waals surface area contributed by atoms with Gasteiger partial charge in [-0.2, -0.15) is 5.10 Å². The van der Waals surface area contributed by atoms with Gasteiger partial charge in [-0.05, 0) is 54.3 Å². The van der Waals surface area contributed by atoms with Gasteiger partial charge >= 0.3 is 0 Å². The van der Waals surface area contributed by atoms with Gasteiger partial charge in [0, 0.05) is 38.6 Å². The van der Waals surface area contributed by atoms with Crippen molar-refractivity contribution in [2.45, 2.75) is 31.8 Å². The van der Waals surface area contributed by atoms with Crippen LogP contribution >= 0.6 is 0 Å². The van der Waals surface area contributed by atoms with E-state index in [0.717, 1.165) is 21.0 Å². The molecule has 7 nitrogen and oxygen atoms in total. The summed E-state index contributed by atoms with van der Waals surface area (Å²) >= 11 is 0. The van der Waals surface area contributed by atoms with Crippen molar-refractivity contribution in [2.24, 2.45) is 0 Å². The van der Waals surface area contributed by atoms with E-state index in [4.69, 9.17) is 0 Å². The van der Waals surface area contributed by atoms with Gasteiger partial charge in [0.05, 0.1) is 11.4 Å². The van der Waals surface area contributed by atoms with Crippen molar-refractivity contribution in [3.63, 3.8) is 0 Å². The summed E-state index contributed by atoms with van der Waals surface area (Å²) in [5.41, 5.74) is 3.80. The molecule has 0 aliphatic heterocycles. The van der Waals surface area contributed by atoms with Crippen molar-refractivity contribution < 1.29 is 13.2 Å². The molecule has 1 aromatic heterocycles. The Balaban J connectivity index is 1.71. The molecule has 0 aliphatic rings. The monoisotopic (exact) mass is 426 g/mol. The first-order valence-electron chi connectivity index (χ1n) is 9.55. The summed E-state index contributed by atoms with van der Waals surface area (Å²) in [5, 5.41) is 7.06. The molecule has 0 fully saturated rings. The Morgan fingerprint density at radius 3 is 2.37 bits per heavy atom. The van der Waals surface area contributed by atoms with Crippen molar-refractivity contribution in [2.75, 3.05) is 14.1 Å². The second kappa shape index (κ2) is 8.81. The summed E-state index contributed by atoms with van der Waals surface area (Å²) < 4.78 is 28.2. The van der Waals surface area contributed by atoms with Crippen molar-refractivity contribution in [3.05, 3.63) is 82.7 Å². The summed E-state index contributed by atoms with van der Waals surface area (Å²) in [5.74, 6) is -0.311. The predicted octanol–water partition coefficient (Wildman–Crippen LogP) is 2.73. The molecule has 1 heterocycles. The summed E-state index contributed by atoms with van der Waals surface area (Å²) in [6, 6.07) is 13.0. The van der Waals surface area contributed by atoms with E-state index in [2.05, 4.69) is 10.4 Å². The van der Waals surface area contributed by atoms with E-state index in [0.29, 0.717) is 24.2 Å². The van der Waals surface area contributed by atoms with E-state index < -0.39 is 10.0 Å². The normalized spacial score (nSPS) is 11.6. The quantitative estimate of drug-likeness (QED) is 0.630. The van der Waals surface area contributed by atoms with Gasteiger partial charge in [0.25, 0.3) is 5.91 Å². The van der Waals surface area contributed by atoms with Crippen LogP contribution in [0.3, 0.4) is 0 Å². The van der Waals surface area contributed by atoms with E-state index in [1.54, 1.807) is 26.1 Å². The molecule has 1 N–H and O–H groups in total. The Morgan fingerprint density at radius 1 is 1.10 bits per heavy atom. The highest BCUT2D eigenvalue weighted by atomic mass is 32.2. The van der Waals surface area contributed by atoms with Gasteiger partial charge < -0.3 is 5.32 Å². The fourth-order valence-electron chi connectivity index (χ4n) is 3.05. The maximum atomic E-state index is 12.7. The lowest BCUT2D eigenvalue weighted by molar-refractivity contribution is 0.0950. The molecule has 2 aromatic carbocycles. The van der Waals surface area contributed by atoms with Gasteiger partial charge in [-0.15, -0.1) is 0 Å². The number of rotatable bonds is 7. The number of amides is 1. The molecule has 0 aliphatic carbocycles. The molecular weight excluding hydrogens is 400 g/mol. The fourth-order valence-corrected chi connectivity index (χ4v) is 4.27. The van der Waals surface area contributed by atoms with E-state index in [1.807, 2.05) is 41.2 Å². The molecule has 8 heteroatoms. The first-order chi connectivity index (χ1) is 14.2. The number of sulfonamides is 1. The fraction of sp³-hybridized carbons (Fsp3) is 0.273. The number of aryl methyl sites for hydroxylation is 1. The Kier molecular flexibility index (Phi) is 6.38. The Labute approximate surface area is 177 Å². The lowest BCUT2D eigenvalue weighted by Crippen LogP contribution is -2.26.